The average Bonchev–Trinajstić information content (AvgIpc) is 2.50. The van der Waals surface area contributed by atoms with Crippen LogP contribution in [0.25, 0.3) is 0 Å². The van der Waals surface area contributed by atoms with E-state index >= 15 is 0 Å². The van der Waals surface area contributed by atoms with Crippen LogP contribution >= 0.6 is 23.4 Å². The summed E-state index contributed by atoms with van der Waals surface area (Å²) in [6.45, 7) is 7.84. The molecular weight excluding hydrogens is 298 g/mol. The first-order valence-electron chi connectivity index (χ1n) is 8.31. The van der Waals surface area contributed by atoms with Crippen LogP contribution in [0.1, 0.15) is 52.9 Å². The SMILES string of the molecule is CCCCC(CC)CC(CSc1ccccc1Cl)NCC. The van der Waals surface area contributed by atoms with Crippen LogP contribution in [0.15, 0.2) is 29.2 Å². The molecule has 1 rings (SSSR count). The summed E-state index contributed by atoms with van der Waals surface area (Å²) in [7, 11) is 0. The fraction of sp³-hybridized carbons (Fsp3) is 0.667. The van der Waals surface area contributed by atoms with Crippen molar-refractivity contribution in [2.24, 2.45) is 5.92 Å². The highest BCUT2D eigenvalue weighted by atomic mass is 35.5. The van der Waals surface area contributed by atoms with E-state index in [1.807, 2.05) is 23.9 Å². The second-order valence-electron chi connectivity index (χ2n) is 5.65. The Kier molecular flexibility index (Phi) is 10.2. The number of nitrogens with one attached hydrogen (secondary N) is 1. The third kappa shape index (κ3) is 7.58. The lowest BCUT2D eigenvalue weighted by Crippen LogP contribution is -2.33. The van der Waals surface area contributed by atoms with Crippen molar-refractivity contribution in [3.05, 3.63) is 29.3 Å². The number of thioether (sulfide) groups is 1. The molecule has 1 aromatic carbocycles. The summed E-state index contributed by atoms with van der Waals surface area (Å²) in [5, 5.41) is 4.52. The maximum absolute atomic E-state index is 6.25. The van der Waals surface area contributed by atoms with Crippen molar-refractivity contribution in [2.45, 2.75) is 63.8 Å². The molecule has 0 saturated carbocycles. The fourth-order valence-corrected chi connectivity index (χ4v) is 3.95. The molecule has 1 N–H and O–H groups in total. The highest BCUT2D eigenvalue weighted by Gasteiger charge is 2.15. The Balaban J connectivity index is 2.50. The second kappa shape index (κ2) is 11.4. The molecule has 0 spiro atoms. The summed E-state index contributed by atoms with van der Waals surface area (Å²) in [5.41, 5.74) is 0. The van der Waals surface area contributed by atoms with Crippen LogP contribution < -0.4 is 5.32 Å². The molecular formula is C18H30ClNS. The molecule has 0 amide bonds. The molecule has 0 aliphatic heterocycles. The normalized spacial score (nSPS) is 14.1. The minimum atomic E-state index is 0.582. The van der Waals surface area contributed by atoms with Gasteiger partial charge in [-0.15, -0.1) is 11.8 Å². The quantitative estimate of drug-likeness (QED) is 0.499. The molecule has 0 aromatic heterocycles. The molecule has 2 unspecified atom stereocenters. The summed E-state index contributed by atoms with van der Waals surface area (Å²) >= 11 is 8.12. The number of hydrogen-bond donors (Lipinski definition) is 1. The zero-order chi connectivity index (χ0) is 15.5. The standard InChI is InChI=1S/C18H30ClNS/c1-4-7-10-15(5-2)13-16(20-6-3)14-21-18-12-9-8-11-17(18)19/h8-9,11-12,15-16,20H,4-7,10,13-14H2,1-3H3. The van der Waals surface area contributed by atoms with E-state index in [1.54, 1.807) is 0 Å². The van der Waals surface area contributed by atoms with Crippen molar-refractivity contribution >= 4 is 23.4 Å². The Morgan fingerprint density at radius 3 is 2.57 bits per heavy atom. The number of unbranched alkanes of at least 4 members (excludes halogenated alkanes) is 1. The van der Waals surface area contributed by atoms with Crippen LogP contribution in [-0.2, 0) is 0 Å². The molecule has 0 bridgehead atoms. The molecule has 120 valence electrons. The van der Waals surface area contributed by atoms with Crippen LogP contribution in [0, 0.1) is 5.92 Å². The van der Waals surface area contributed by atoms with Gasteiger partial charge >= 0.3 is 0 Å². The molecule has 0 saturated heterocycles. The highest BCUT2D eigenvalue weighted by Crippen LogP contribution is 2.28. The molecule has 3 heteroatoms. The van der Waals surface area contributed by atoms with Crippen LogP contribution in [0.4, 0.5) is 0 Å². The Bertz CT molecular complexity index is 383. The van der Waals surface area contributed by atoms with Gasteiger partial charge in [0, 0.05) is 16.7 Å². The summed E-state index contributed by atoms with van der Waals surface area (Å²) in [6, 6.07) is 8.73. The molecule has 1 nitrogen and oxygen atoms in total. The monoisotopic (exact) mass is 327 g/mol. The van der Waals surface area contributed by atoms with E-state index in [4.69, 9.17) is 11.6 Å². The van der Waals surface area contributed by atoms with Gasteiger partial charge in [-0.3, -0.25) is 0 Å². The Morgan fingerprint density at radius 2 is 1.95 bits per heavy atom. The number of halogens is 1. The lowest BCUT2D eigenvalue weighted by atomic mass is 9.92. The van der Waals surface area contributed by atoms with Gasteiger partial charge in [0.25, 0.3) is 0 Å². The van der Waals surface area contributed by atoms with Crippen LogP contribution in [0.3, 0.4) is 0 Å². The number of rotatable bonds is 11. The molecule has 1 aromatic rings. The Labute approximate surface area is 140 Å². The van der Waals surface area contributed by atoms with Crippen molar-refractivity contribution in [1.82, 2.24) is 5.32 Å². The Morgan fingerprint density at radius 1 is 1.19 bits per heavy atom. The van der Waals surface area contributed by atoms with E-state index in [0.717, 1.165) is 23.2 Å². The Hall–Kier alpha value is -0.180. The first kappa shape index (κ1) is 18.9. The predicted octanol–water partition coefficient (Wildman–Crippen LogP) is 6.02. The predicted molar refractivity (Wildman–Crippen MR) is 97.6 cm³/mol. The smallest absolute Gasteiger partial charge is 0.0541 e. The van der Waals surface area contributed by atoms with E-state index in [-0.39, 0.29) is 0 Å². The van der Waals surface area contributed by atoms with E-state index in [1.165, 1.54) is 37.0 Å². The topological polar surface area (TPSA) is 12.0 Å². The molecule has 2 atom stereocenters. The number of hydrogen-bond acceptors (Lipinski definition) is 2. The van der Waals surface area contributed by atoms with Gasteiger partial charge in [0.15, 0.2) is 0 Å². The van der Waals surface area contributed by atoms with Crippen molar-refractivity contribution < 1.29 is 0 Å². The summed E-state index contributed by atoms with van der Waals surface area (Å²) in [5.74, 6) is 1.95. The lowest BCUT2D eigenvalue weighted by molar-refractivity contribution is 0.368. The first-order chi connectivity index (χ1) is 10.2. The molecule has 0 aliphatic carbocycles. The maximum Gasteiger partial charge on any atom is 0.0541 e. The van der Waals surface area contributed by atoms with Gasteiger partial charge in [-0.25, -0.2) is 0 Å². The van der Waals surface area contributed by atoms with Crippen LogP contribution in [0.2, 0.25) is 5.02 Å². The minimum absolute atomic E-state index is 0.582. The zero-order valence-corrected chi connectivity index (χ0v) is 15.3. The lowest BCUT2D eigenvalue weighted by Gasteiger charge is -2.23. The van der Waals surface area contributed by atoms with Crippen molar-refractivity contribution in [1.29, 1.82) is 0 Å². The van der Waals surface area contributed by atoms with E-state index in [9.17, 15) is 0 Å². The van der Waals surface area contributed by atoms with Crippen molar-refractivity contribution in [3.8, 4) is 0 Å². The summed E-state index contributed by atoms with van der Waals surface area (Å²) in [4.78, 5) is 1.20. The largest absolute Gasteiger partial charge is 0.313 e. The second-order valence-corrected chi connectivity index (χ2v) is 7.12. The molecule has 0 fully saturated rings. The first-order valence-corrected chi connectivity index (χ1v) is 9.68. The van der Waals surface area contributed by atoms with Gasteiger partial charge in [0.1, 0.15) is 0 Å². The minimum Gasteiger partial charge on any atom is -0.313 e. The van der Waals surface area contributed by atoms with Crippen molar-refractivity contribution in [2.75, 3.05) is 12.3 Å². The average molecular weight is 328 g/mol. The molecule has 0 radical (unpaired) electrons. The van der Waals surface area contributed by atoms with Crippen LogP contribution in [0.5, 0.6) is 0 Å². The van der Waals surface area contributed by atoms with Crippen molar-refractivity contribution in [3.63, 3.8) is 0 Å². The molecule has 0 aliphatic rings. The van der Waals surface area contributed by atoms with E-state index < -0.39 is 0 Å². The van der Waals surface area contributed by atoms with Gasteiger partial charge in [0.05, 0.1) is 5.02 Å². The highest BCUT2D eigenvalue weighted by molar-refractivity contribution is 7.99. The molecule has 21 heavy (non-hydrogen) atoms. The fourth-order valence-electron chi connectivity index (χ4n) is 2.63. The summed E-state index contributed by atoms with van der Waals surface area (Å²) in [6.07, 6.45) is 6.60. The molecule has 0 heterocycles. The van der Waals surface area contributed by atoms with E-state index in [2.05, 4.69) is 38.2 Å². The summed E-state index contributed by atoms with van der Waals surface area (Å²) < 4.78 is 0. The van der Waals surface area contributed by atoms with E-state index in [0.29, 0.717) is 6.04 Å². The third-order valence-corrected chi connectivity index (χ3v) is 5.61. The van der Waals surface area contributed by atoms with Gasteiger partial charge in [-0.2, -0.15) is 0 Å². The third-order valence-electron chi connectivity index (χ3n) is 3.93. The van der Waals surface area contributed by atoms with Gasteiger partial charge in [-0.1, -0.05) is 70.2 Å². The van der Waals surface area contributed by atoms with Gasteiger partial charge in [0.2, 0.25) is 0 Å². The number of benzene rings is 1. The van der Waals surface area contributed by atoms with Crippen LogP contribution in [-0.4, -0.2) is 18.3 Å². The zero-order valence-electron chi connectivity index (χ0n) is 13.7. The van der Waals surface area contributed by atoms with Gasteiger partial charge < -0.3 is 5.32 Å². The maximum atomic E-state index is 6.25. The van der Waals surface area contributed by atoms with Gasteiger partial charge in [-0.05, 0) is 31.0 Å².